The van der Waals surface area contributed by atoms with Crippen LogP contribution in [0.15, 0.2) is 72.8 Å². The van der Waals surface area contributed by atoms with Crippen LogP contribution in [0.3, 0.4) is 0 Å². The van der Waals surface area contributed by atoms with E-state index in [0.717, 1.165) is 24.0 Å². The first-order valence-corrected chi connectivity index (χ1v) is 12.5. The van der Waals surface area contributed by atoms with Crippen LogP contribution in [0.4, 0.5) is 0 Å². The highest BCUT2D eigenvalue weighted by Gasteiger charge is 2.35. The second-order valence-corrected chi connectivity index (χ2v) is 9.22. The number of carbonyl (C=O) groups is 2. The number of hydrogen-bond acceptors (Lipinski definition) is 4. The molecule has 0 saturated heterocycles. The zero-order valence-corrected chi connectivity index (χ0v) is 20.4. The molecule has 0 bridgehead atoms. The lowest BCUT2D eigenvalue weighted by Crippen LogP contribution is -2.31. The topological polar surface area (TPSA) is 55.8 Å². The molecule has 0 aromatic heterocycles. The number of rotatable bonds is 7. The molecule has 1 unspecified atom stereocenters. The number of carbonyl (C=O) groups excluding carboxylic acids is 2. The molecule has 0 radical (unpaired) electrons. The zero-order chi connectivity index (χ0) is 24.9. The summed E-state index contributed by atoms with van der Waals surface area (Å²) in [6.45, 7) is 0.283. The number of ether oxygens (including phenoxy) is 2. The van der Waals surface area contributed by atoms with Gasteiger partial charge in [0, 0.05) is 18.0 Å². The molecular formula is C31H29NO4. The first kappa shape index (κ1) is 23.7. The molecule has 1 aliphatic heterocycles. The molecule has 5 rings (SSSR count). The second-order valence-electron chi connectivity index (χ2n) is 9.22. The predicted molar refractivity (Wildman–Crippen MR) is 138 cm³/mol. The zero-order valence-electron chi connectivity index (χ0n) is 20.4. The van der Waals surface area contributed by atoms with E-state index in [1.54, 1.807) is 31.4 Å². The Labute approximate surface area is 212 Å². The average Bonchev–Trinajstić information content (AvgIpc) is 3.51. The number of nitrogens with zero attached hydrogens (tertiary/aromatic N) is 1. The van der Waals surface area contributed by atoms with E-state index in [4.69, 9.17) is 9.47 Å². The quantitative estimate of drug-likeness (QED) is 0.316. The lowest BCUT2D eigenvalue weighted by Gasteiger charge is -2.20. The van der Waals surface area contributed by atoms with Crippen molar-refractivity contribution < 1.29 is 19.1 Å². The molecule has 1 fully saturated rings. The summed E-state index contributed by atoms with van der Waals surface area (Å²) >= 11 is 0. The summed E-state index contributed by atoms with van der Waals surface area (Å²) in [4.78, 5) is 27.1. The molecular weight excluding hydrogens is 450 g/mol. The molecule has 182 valence electrons. The third-order valence-corrected chi connectivity index (χ3v) is 6.87. The fourth-order valence-corrected chi connectivity index (χ4v) is 4.90. The van der Waals surface area contributed by atoms with Gasteiger partial charge in [-0.1, -0.05) is 48.2 Å². The fourth-order valence-electron chi connectivity index (χ4n) is 4.90. The van der Waals surface area contributed by atoms with Crippen molar-refractivity contribution in [2.24, 2.45) is 0 Å². The lowest BCUT2D eigenvalue weighted by atomic mass is 9.95. The average molecular weight is 480 g/mol. The van der Waals surface area contributed by atoms with Gasteiger partial charge in [0.05, 0.1) is 24.3 Å². The number of amides is 2. The maximum absolute atomic E-state index is 12.9. The molecule has 1 atom stereocenters. The number of imide groups is 1. The number of methoxy groups -OCH3 is 1. The van der Waals surface area contributed by atoms with Gasteiger partial charge in [0.1, 0.15) is 0 Å². The molecule has 1 aliphatic carbocycles. The van der Waals surface area contributed by atoms with E-state index >= 15 is 0 Å². The highest BCUT2D eigenvalue weighted by atomic mass is 16.5. The normalized spacial score (nSPS) is 15.9. The Balaban J connectivity index is 1.42. The maximum atomic E-state index is 12.9. The molecule has 2 amide bonds. The van der Waals surface area contributed by atoms with Crippen molar-refractivity contribution in [3.63, 3.8) is 0 Å². The van der Waals surface area contributed by atoms with E-state index in [2.05, 4.69) is 11.8 Å². The van der Waals surface area contributed by atoms with E-state index < -0.39 is 0 Å². The van der Waals surface area contributed by atoms with Gasteiger partial charge in [0.2, 0.25) is 0 Å². The Kier molecular flexibility index (Phi) is 7.04. The van der Waals surface area contributed by atoms with Gasteiger partial charge in [0.25, 0.3) is 11.8 Å². The highest BCUT2D eigenvalue weighted by molar-refractivity contribution is 6.21. The van der Waals surface area contributed by atoms with Crippen LogP contribution in [0, 0.1) is 11.8 Å². The van der Waals surface area contributed by atoms with Crippen LogP contribution in [-0.4, -0.2) is 36.5 Å². The summed E-state index contributed by atoms with van der Waals surface area (Å²) in [5.41, 5.74) is 2.82. The van der Waals surface area contributed by atoms with Gasteiger partial charge in [0.15, 0.2) is 11.5 Å². The van der Waals surface area contributed by atoms with Gasteiger partial charge in [-0.15, -0.1) is 0 Å². The molecule has 5 nitrogen and oxygen atoms in total. The van der Waals surface area contributed by atoms with Crippen LogP contribution < -0.4 is 9.47 Å². The minimum atomic E-state index is -0.245. The lowest BCUT2D eigenvalue weighted by molar-refractivity contribution is 0.0651. The molecule has 5 heteroatoms. The Morgan fingerprint density at radius 2 is 1.56 bits per heavy atom. The van der Waals surface area contributed by atoms with Crippen LogP contribution in [0.25, 0.3) is 0 Å². The first-order chi connectivity index (χ1) is 17.6. The summed E-state index contributed by atoms with van der Waals surface area (Å²) in [5, 5.41) is 0. The van der Waals surface area contributed by atoms with Crippen molar-refractivity contribution in [2.45, 2.75) is 44.1 Å². The van der Waals surface area contributed by atoms with Crippen LogP contribution in [0.2, 0.25) is 0 Å². The van der Waals surface area contributed by atoms with Crippen LogP contribution in [-0.2, 0) is 0 Å². The minimum absolute atomic E-state index is 0.196. The monoisotopic (exact) mass is 479 g/mol. The molecule has 0 spiro atoms. The van der Waals surface area contributed by atoms with Crippen molar-refractivity contribution in [3.8, 4) is 23.3 Å². The van der Waals surface area contributed by atoms with Crippen molar-refractivity contribution in [3.05, 3.63) is 95.1 Å². The van der Waals surface area contributed by atoms with E-state index in [1.807, 2.05) is 48.5 Å². The molecule has 1 heterocycles. The smallest absolute Gasteiger partial charge is 0.261 e. The van der Waals surface area contributed by atoms with Gasteiger partial charge in [-0.05, 0) is 74.1 Å². The third-order valence-electron chi connectivity index (χ3n) is 6.87. The molecule has 2 aliphatic rings. The molecule has 1 saturated carbocycles. The van der Waals surface area contributed by atoms with Gasteiger partial charge < -0.3 is 9.47 Å². The van der Waals surface area contributed by atoms with Gasteiger partial charge in [-0.3, -0.25) is 14.5 Å². The maximum Gasteiger partial charge on any atom is 0.261 e. The van der Waals surface area contributed by atoms with E-state index in [-0.39, 0.29) is 30.4 Å². The summed E-state index contributed by atoms with van der Waals surface area (Å²) in [7, 11) is 1.64. The Morgan fingerprint density at radius 1 is 0.889 bits per heavy atom. The van der Waals surface area contributed by atoms with E-state index in [9.17, 15) is 9.59 Å². The Bertz CT molecular complexity index is 1280. The summed E-state index contributed by atoms with van der Waals surface area (Å²) in [6, 6.07) is 22.7. The molecule has 36 heavy (non-hydrogen) atoms. The van der Waals surface area contributed by atoms with E-state index in [1.165, 1.54) is 17.7 Å². The van der Waals surface area contributed by atoms with Crippen molar-refractivity contribution in [1.29, 1.82) is 0 Å². The number of fused-ring (bicyclic) bond motifs is 1. The van der Waals surface area contributed by atoms with Crippen molar-refractivity contribution in [2.75, 3.05) is 13.7 Å². The van der Waals surface area contributed by atoms with Crippen LogP contribution in [0.1, 0.15) is 69.9 Å². The van der Waals surface area contributed by atoms with Crippen LogP contribution in [0.5, 0.6) is 11.5 Å². The van der Waals surface area contributed by atoms with Crippen LogP contribution >= 0.6 is 0 Å². The number of hydrogen-bond donors (Lipinski definition) is 0. The standard InChI is InChI=1S/C31H29NO4/c1-35-28-18-17-24(21-29(28)36-25-11-5-6-12-25)23(16-15-22-9-3-2-4-10-22)19-20-32-30(33)26-13-7-8-14-27(26)31(32)34/h2-4,7-10,13-14,17-18,21,23,25H,5-6,11-12,19-20H2,1H3. The highest BCUT2D eigenvalue weighted by Crippen LogP contribution is 2.35. The SMILES string of the molecule is COc1ccc(C(C#Cc2ccccc2)CCN2C(=O)c3ccccc3C2=O)cc1OC1CCCC1. The predicted octanol–water partition coefficient (Wildman–Crippen LogP) is 5.84. The van der Waals surface area contributed by atoms with Crippen molar-refractivity contribution in [1.82, 2.24) is 4.90 Å². The van der Waals surface area contributed by atoms with Gasteiger partial charge in [-0.2, -0.15) is 0 Å². The van der Waals surface area contributed by atoms with Gasteiger partial charge in [-0.25, -0.2) is 0 Å². The van der Waals surface area contributed by atoms with Gasteiger partial charge >= 0.3 is 0 Å². The summed E-state index contributed by atoms with van der Waals surface area (Å²) in [5.74, 6) is 7.38. The van der Waals surface area contributed by atoms with Crippen molar-refractivity contribution >= 4 is 11.8 Å². The number of benzene rings is 3. The summed E-state index contributed by atoms with van der Waals surface area (Å²) in [6.07, 6.45) is 5.16. The molecule has 3 aromatic carbocycles. The molecule has 3 aromatic rings. The largest absolute Gasteiger partial charge is 0.493 e. The second kappa shape index (κ2) is 10.7. The Hall–Kier alpha value is -4.04. The first-order valence-electron chi connectivity index (χ1n) is 12.5. The fraction of sp³-hybridized carbons (Fsp3) is 0.290. The minimum Gasteiger partial charge on any atom is -0.493 e. The molecule has 0 N–H and O–H groups in total. The summed E-state index contributed by atoms with van der Waals surface area (Å²) < 4.78 is 11.9. The Morgan fingerprint density at radius 3 is 2.22 bits per heavy atom. The third kappa shape index (κ3) is 4.99. The van der Waals surface area contributed by atoms with E-state index in [0.29, 0.717) is 29.0 Å².